The highest BCUT2D eigenvalue weighted by Crippen LogP contribution is 2.16. The smallest absolute Gasteiger partial charge is 0.433 e. The van der Waals surface area contributed by atoms with E-state index >= 15 is 0 Å². The van der Waals surface area contributed by atoms with Crippen molar-refractivity contribution in [1.82, 2.24) is 0 Å². The summed E-state index contributed by atoms with van der Waals surface area (Å²) in [5.41, 5.74) is -0.442. The zero-order chi connectivity index (χ0) is 12.8. The molecular formula is C10H6N2O5. The molecule has 1 rings (SSSR count). The fourth-order valence-electron chi connectivity index (χ4n) is 0.925. The van der Waals surface area contributed by atoms with Gasteiger partial charge in [-0.3, -0.25) is 10.1 Å². The normalized spacial score (nSPS) is 11.4. The Kier molecular flexibility index (Phi) is 3.78. The van der Waals surface area contributed by atoms with E-state index in [1.807, 2.05) is 0 Å². The first-order valence-electron chi connectivity index (χ1n) is 4.30. The molecule has 1 aromatic heterocycles. The van der Waals surface area contributed by atoms with Gasteiger partial charge in [0.15, 0.2) is 0 Å². The average Bonchev–Trinajstić information content (AvgIpc) is 2.72. The molecule has 0 amide bonds. The second-order valence-corrected chi connectivity index (χ2v) is 2.79. The first-order valence-corrected chi connectivity index (χ1v) is 4.30. The molecule has 7 nitrogen and oxygen atoms in total. The van der Waals surface area contributed by atoms with E-state index in [0.29, 0.717) is 0 Å². The molecule has 0 saturated heterocycles. The van der Waals surface area contributed by atoms with Crippen LogP contribution in [-0.2, 0) is 4.79 Å². The predicted octanol–water partition coefficient (Wildman–Crippen LogP) is 1.74. The molecule has 0 atom stereocenters. The monoisotopic (exact) mass is 234 g/mol. The minimum Gasteiger partial charge on any atom is -0.477 e. The molecule has 0 saturated carbocycles. The lowest BCUT2D eigenvalue weighted by molar-refractivity contribution is -0.402. The first-order chi connectivity index (χ1) is 8.04. The summed E-state index contributed by atoms with van der Waals surface area (Å²) in [6.45, 7) is 0. The lowest BCUT2D eigenvalue weighted by atomic mass is 10.2. The van der Waals surface area contributed by atoms with Gasteiger partial charge in [-0.15, -0.1) is 0 Å². The van der Waals surface area contributed by atoms with E-state index in [9.17, 15) is 14.9 Å². The van der Waals surface area contributed by atoms with Crippen LogP contribution in [0.1, 0.15) is 5.76 Å². The number of furan rings is 1. The van der Waals surface area contributed by atoms with E-state index < -0.39 is 22.3 Å². The molecule has 1 N–H and O–H groups in total. The minimum absolute atomic E-state index is 0.190. The lowest BCUT2D eigenvalue weighted by Gasteiger charge is -1.85. The Hall–Kier alpha value is -2.88. The maximum absolute atomic E-state index is 10.4. The average molecular weight is 234 g/mol. The Morgan fingerprint density at radius 3 is 2.76 bits per heavy atom. The number of hydrogen-bond donors (Lipinski definition) is 1. The molecule has 0 fully saturated rings. The molecule has 1 aromatic rings. The summed E-state index contributed by atoms with van der Waals surface area (Å²) in [5, 5.41) is 27.2. The topological polar surface area (TPSA) is 117 Å². The van der Waals surface area contributed by atoms with Gasteiger partial charge in [0.05, 0.1) is 6.07 Å². The number of aliphatic carboxylic acids is 1. The summed E-state index contributed by atoms with van der Waals surface area (Å²) in [7, 11) is 0. The fourth-order valence-corrected chi connectivity index (χ4v) is 0.925. The van der Waals surface area contributed by atoms with Gasteiger partial charge in [-0.1, -0.05) is 6.08 Å². The van der Waals surface area contributed by atoms with Crippen molar-refractivity contribution in [2.45, 2.75) is 0 Å². The fraction of sp³-hybridized carbons (Fsp3) is 0. The molecule has 0 spiro atoms. The molecule has 1 heterocycles. The Labute approximate surface area is 95.0 Å². The highest BCUT2D eigenvalue weighted by atomic mass is 16.6. The van der Waals surface area contributed by atoms with Crippen LogP contribution in [0.3, 0.4) is 0 Å². The predicted molar refractivity (Wildman–Crippen MR) is 55.7 cm³/mol. The lowest BCUT2D eigenvalue weighted by Crippen LogP contribution is -1.96. The zero-order valence-electron chi connectivity index (χ0n) is 8.36. The number of carbonyl (C=O) groups is 1. The molecular weight excluding hydrogens is 228 g/mol. The Morgan fingerprint density at radius 1 is 1.59 bits per heavy atom. The van der Waals surface area contributed by atoms with E-state index in [-0.39, 0.29) is 5.76 Å². The van der Waals surface area contributed by atoms with Crippen molar-refractivity contribution in [2.75, 3.05) is 0 Å². The number of hydrogen-bond acceptors (Lipinski definition) is 5. The van der Waals surface area contributed by atoms with E-state index in [4.69, 9.17) is 14.8 Å². The third-order valence-corrected chi connectivity index (χ3v) is 1.67. The van der Waals surface area contributed by atoms with E-state index in [2.05, 4.69) is 0 Å². The van der Waals surface area contributed by atoms with E-state index in [1.54, 1.807) is 0 Å². The highest BCUT2D eigenvalue weighted by Gasteiger charge is 2.09. The van der Waals surface area contributed by atoms with Crippen LogP contribution in [0.5, 0.6) is 0 Å². The molecule has 0 unspecified atom stereocenters. The summed E-state index contributed by atoms with van der Waals surface area (Å²) in [6.07, 6.45) is 3.64. The molecule has 0 aliphatic rings. The van der Waals surface area contributed by atoms with Crippen molar-refractivity contribution in [2.24, 2.45) is 0 Å². The van der Waals surface area contributed by atoms with Crippen LogP contribution in [0.2, 0.25) is 0 Å². The van der Waals surface area contributed by atoms with Gasteiger partial charge in [-0.25, -0.2) is 4.79 Å². The number of nitro groups is 1. The minimum atomic E-state index is -1.34. The zero-order valence-corrected chi connectivity index (χ0v) is 8.36. The molecule has 0 radical (unpaired) electrons. The molecule has 86 valence electrons. The van der Waals surface area contributed by atoms with Crippen molar-refractivity contribution in [1.29, 1.82) is 5.26 Å². The van der Waals surface area contributed by atoms with Crippen LogP contribution in [0.25, 0.3) is 6.08 Å². The van der Waals surface area contributed by atoms with Gasteiger partial charge >= 0.3 is 11.9 Å². The van der Waals surface area contributed by atoms with Crippen LogP contribution in [0.4, 0.5) is 5.88 Å². The maximum Gasteiger partial charge on any atom is 0.433 e. The van der Waals surface area contributed by atoms with Crippen molar-refractivity contribution >= 4 is 17.9 Å². The Balaban J connectivity index is 2.81. The van der Waals surface area contributed by atoms with Gasteiger partial charge in [0.2, 0.25) is 0 Å². The summed E-state index contributed by atoms with van der Waals surface area (Å²) >= 11 is 0. The third-order valence-electron chi connectivity index (χ3n) is 1.67. The second-order valence-electron chi connectivity index (χ2n) is 2.79. The van der Waals surface area contributed by atoms with Gasteiger partial charge < -0.3 is 9.52 Å². The van der Waals surface area contributed by atoms with Crippen molar-refractivity contribution in [3.63, 3.8) is 0 Å². The summed E-state index contributed by atoms with van der Waals surface area (Å²) in [5.74, 6) is -1.56. The van der Waals surface area contributed by atoms with Gasteiger partial charge in [0.25, 0.3) is 0 Å². The van der Waals surface area contributed by atoms with Gasteiger partial charge in [-0.05, 0) is 18.2 Å². The van der Waals surface area contributed by atoms with Crippen molar-refractivity contribution in [3.8, 4) is 6.07 Å². The van der Waals surface area contributed by atoms with Gasteiger partial charge in [0, 0.05) is 0 Å². The van der Waals surface area contributed by atoms with E-state index in [1.165, 1.54) is 30.4 Å². The number of rotatable bonds is 4. The van der Waals surface area contributed by atoms with Crippen LogP contribution < -0.4 is 0 Å². The molecule has 17 heavy (non-hydrogen) atoms. The third kappa shape index (κ3) is 3.32. The van der Waals surface area contributed by atoms with Gasteiger partial charge in [-0.2, -0.15) is 5.26 Å². The molecule has 0 bridgehead atoms. The van der Waals surface area contributed by atoms with Crippen LogP contribution in [-0.4, -0.2) is 16.0 Å². The maximum atomic E-state index is 10.4. The van der Waals surface area contributed by atoms with Crippen molar-refractivity contribution in [3.05, 3.63) is 45.7 Å². The largest absolute Gasteiger partial charge is 0.477 e. The Bertz CT molecular complexity index is 547. The number of allylic oxidation sites excluding steroid dienone is 2. The summed E-state index contributed by atoms with van der Waals surface area (Å²) in [6, 6.07) is 4.01. The van der Waals surface area contributed by atoms with Gasteiger partial charge in [0.1, 0.15) is 22.3 Å². The SMILES string of the molecule is N#CC(=CC=Cc1ccc([N+](=O)[O-])o1)C(=O)O. The quantitative estimate of drug-likeness (QED) is 0.278. The number of nitriles is 1. The molecule has 0 aliphatic carbocycles. The molecule has 0 aliphatic heterocycles. The Morgan fingerprint density at radius 2 is 2.29 bits per heavy atom. The summed E-state index contributed by atoms with van der Waals surface area (Å²) in [4.78, 5) is 20.0. The van der Waals surface area contributed by atoms with Crippen LogP contribution in [0.15, 0.2) is 34.3 Å². The summed E-state index contributed by atoms with van der Waals surface area (Å²) < 4.78 is 4.78. The molecule has 0 aromatic carbocycles. The van der Waals surface area contributed by atoms with Crippen molar-refractivity contribution < 1.29 is 19.2 Å². The number of carboxylic acid groups (broad SMARTS) is 1. The number of nitrogens with zero attached hydrogens (tertiary/aromatic N) is 2. The van der Waals surface area contributed by atoms with E-state index in [0.717, 1.165) is 6.08 Å². The van der Waals surface area contributed by atoms with Crippen LogP contribution >= 0.6 is 0 Å². The standard InChI is InChI=1S/C10H6N2O5/c11-6-7(10(13)14)2-1-3-8-4-5-9(17-8)12(15)16/h1-5H,(H,13,14). The molecule has 7 heteroatoms. The second kappa shape index (κ2) is 5.27. The van der Waals surface area contributed by atoms with Crippen LogP contribution in [0, 0.1) is 21.4 Å². The number of carboxylic acids is 1. The first kappa shape index (κ1) is 12.2. The highest BCUT2D eigenvalue weighted by molar-refractivity contribution is 5.91.